The zero-order valence-corrected chi connectivity index (χ0v) is 10.6. The quantitative estimate of drug-likeness (QED) is 0.726. The van der Waals surface area contributed by atoms with Gasteiger partial charge in [-0.05, 0) is 38.1 Å². The van der Waals surface area contributed by atoms with Crippen molar-refractivity contribution in [1.82, 2.24) is 5.32 Å². The van der Waals surface area contributed by atoms with E-state index >= 15 is 0 Å². The second kappa shape index (κ2) is 5.85. The van der Waals surface area contributed by atoms with Gasteiger partial charge in [0.25, 0.3) is 0 Å². The summed E-state index contributed by atoms with van der Waals surface area (Å²) in [5.74, 6) is 1.13. The molecule has 0 bridgehead atoms. The van der Waals surface area contributed by atoms with Crippen molar-refractivity contribution in [1.29, 1.82) is 0 Å². The van der Waals surface area contributed by atoms with Crippen molar-refractivity contribution < 1.29 is 8.42 Å². The smallest absolute Gasteiger partial charge is 0.147 e. The van der Waals surface area contributed by atoms with Gasteiger partial charge in [-0.2, -0.15) is 0 Å². The molecule has 0 aliphatic heterocycles. The van der Waals surface area contributed by atoms with Crippen LogP contribution in [0.2, 0.25) is 0 Å². The van der Waals surface area contributed by atoms with Gasteiger partial charge >= 0.3 is 0 Å². The van der Waals surface area contributed by atoms with Gasteiger partial charge in [0, 0.05) is 18.1 Å². The van der Waals surface area contributed by atoms with E-state index in [0.29, 0.717) is 11.8 Å². The third-order valence-electron chi connectivity index (χ3n) is 3.22. The Morgan fingerprint density at radius 3 is 2.47 bits per heavy atom. The molecule has 1 aliphatic rings. The number of sulfone groups is 1. The van der Waals surface area contributed by atoms with E-state index in [2.05, 4.69) is 12.2 Å². The molecular weight excluding hydrogens is 210 g/mol. The van der Waals surface area contributed by atoms with Crippen molar-refractivity contribution in [3.8, 4) is 0 Å². The summed E-state index contributed by atoms with van der Waals surface area (Å²) in [6, 6.07) is 0.547. The fraction of sp³-hybridized carbons (Fsp3) is 1.00. The third kappa shape index (κ3) is 4.98. The molecule has 1 aliphatic carbocycles. The van der Waals surface area contributed by atoms with Crippen LogP contribution < -0.4 is 5.32 Å². The van der Waals surface area contributed by atoms with Crippen LogP contribution in [0.25, 0.3) is 0 Å². The summed E-state index contributed by atoms with van der Waals surface area (Å²) in [5, 5.41) is 3.48. The molecule has 4 heteroatoms. The van der Waals surface area contributed by atoms with Gasteiger partial charge in [-0.1, -0.05) is 13.3 Å². The second-order valence-corrected chi connectivity index (χ2v) is 6.89. The Balaban J connectivity index is 2.25. The molecule has 1 atom stereocenters. The Kier molecular flexibility index (Phi) is 5.06. The lowest BCUT2D eigenvalue weighted by Gasteiger charge is -2.34. The average molecular weight is 233 g/mol. The van der Waals surface area contributed by atoms with Gasteiger partial charge in [0.15, 0.2) is 0 Å². The van der Waals surface area contributed by atoms with Crippen molar-refractivity contribution in [3.63, 3.8) is 0 Å². The second-order valence-electron chi connectivity index (χ2n) is 4.63. The van der Waals surface area contributed by atoms with Crippen LogP contribution in [0, 0.1) is 5.92 Å². The van der Waals surface area contributed by atoms with E-state index < -0.39 is 9.84 Å². The van der Waals surface area contributed by atoms with Crippen LogP contribution in [0.1, 0.15) is 39.0 Å². The first kappa shape index (κ1) is 13.0. The maximum Gasteiger partial charge on any atom is 0.147 e. The van der Waals surface area contributed by atoms with Crippen LogP contribution in [0.5, 0.6) is 0 Å². The summed E-state index contributed by atoms with van der Waals surface area (Å²) < 4.78 is 22.0. The summed E-state index contributed by atoms with van der Waals surface area (Å²) in [6.45, 7) is 3.10. The molecule has 1 N–H and O–H groups in total. The lowest BCUT2D eigenvalue weighted by atomic mass is 9.78. The van der Waals surface area contributed by atoms with Crippen LogP contribution in [-0.2, 0) is 9.84 Å². The molecule has 1 fully saturated rings. The predicted octanol–water partition coefficient (Wildman–Crippen LogP) is 1.59. The predicted molar refractivity (Wildman–Crippen MR) is 63.8 cm³/mol. The Morgan fingerprint density at radius 1 is 1.40 bits per heavy atom. The van der Waals surface area contributed by atoms with E-state index in [1.54, 1.807) is 0 Å². The number of rotatable bonds is 7. The molecule has 1 rings (SSSR count). The van der Waals surface area contributed by atoms with E-state index in [1.807, 2.05) is 0 Å². The lowest BCUT2D eigenvalue weighted by molar-refractivity contribution is 0.221. The normalized spacial score (nSPS) is 19.9. The molecule has 3 nitrogen and oxygen atoms in total. The minimum atomic E-state index is -2.78. The molecule has 90 valence electrons. The first-order valence-corrected chi connectivity index (χ1v) is 8.00. The third-order valence-corrected chi connectivity index (χ3v) is 4.25. The molecule has 0 radical (unpaired) electrons. The molecule has 1 saturated carbocycles. The lowest BCUT2D eigenvalue weighted by Crippen LogP contribution is -2.39. The highest BCUT2D eigenvalue weighted by molar-refractivity contribution is 7.90. The standard InChI is InChI=1S/C11H23NO2S/c1-3-12-11(10-6-4-7-10)8-5-9-15(2,13)14/h10-12H,3-9H2,1-2H3. The van der Waals surface area contributed by atoms with Gasteiger partial charge in [0.05, 0.1) is 0 Å². The molecule has 0 heterocycles. The number of nitrogens with one attached hydrogen (secondary N) is 1. The molecule has 0 saturated heterocycles. The highest BCUT2D eigenvalue weighted by Crippen LogP contribution is 2.31. The molecular formula is C11H23NO2S. The van der Waals surface area contributed by atoms with Crippen molar-refractivity contribution in [2.24, 2.45) is 5.92 Å². The molecule has 1 unspecified atom stereocenters. The van der Waals surface area contributed by atoms with E-state index in [1.165, 1.54) is 25.5 Å². The minimum Gasteiger partial charge on any atom is -0.314 e. The zero-order chi connectivity index (χ0) is 11.3. The first-order valence-electron chi connectivity index (χ1n) is 5.94. The summed E-state index contributed by atoms with van der Waals surface area (Å²) in [4.78, 5) is 0. The summed E-state index contributed by atoms with van der Waals surface area (Å²) in [7, 11) is -2.78. The van der Waals surface area contributed by atoms with Gasteiger partial charge in [-0.15, -0.1) is 0 Å². The van der Waals surface area contributed by atoms with Crippen LogP contribution in [0.3, 0.4) is 0 Å². The fourth-order valence-corrected chi connectivity index (χ4v) is 2.87. The van der Waals surface area contributed by atoms with Crippen LogP contribution in [-0.4, -0.2) is 33.0 Å². The van der Waals surface area contributed by atoms with Crippen molar-refractivity contribution in [2.75, 3.05) is 18.6 Å². The molecule has 0 spiro atoms. The van der Waals surface area contributed by atoms with Gasteiger partial charge < -0.3 is 5.32 Å². The summed E-state index contributed by atoms with van der Waals surface area (Å²) >= 11 is 0. The Morgan fingerprint density at radius 2 is 2.07 bits per heavy atom. The van der Waals surface area contributed by atoms with Gasteiger partial charge in [0.2, 0.25) is 0 Å². The molecule has 0 amide bonds. The van der Waals surface area contributed by atoms with E-state index in [9.17, 15) is 8.42 Å². The van der Waals surface area contributed by atoms with Crippen LogP contribution in [0.4, 0.5) is 0 Å². The maximum absolute atomic E-state index is 11.0. The van der Waals surface area contributed by atoms with Crippen molar-refractivity contribution in [3.05, 3.63) is 0 Å². The first-order chi connectivity index (χ1) is 7.03. The molecule has 0 aromatic carbocycles. The Labute approximate surface area is 93.6 Å². The molecule has 15 heavy (non-hydrogen) atoms. The Hall–Kier alpha value is -0.0900. The van der Waals surface area contributed by atoms with Gasteiger partial charge in [-0.25, -0.2) is 8.42 Å². The van der Waals surface area contributed by atoms with Crippen LogP contribution in [0.15, 0.2) is 0 Å². The Bertz CT molecular complexity index is 270. The van der Waals surface area contributed by atoms with E-state index in [-0.39, 0.29) is 0 Å². The maximum atomic E-state index is 11.0. The highest BCUT2D eigenvalue weighted by atomic mass is 32.2. The van der Waals surface area contributed by atoms with Crippen molar-refractivity contribution >= 4 is 9.84 Å². The topological polar surface area (TPSA) is 46.2 Å². The highest BCUT2D eigenvalue weighted by Gasteiger charge is 2.26. The van der Waals surface area contributed by atoms with Gasteiger partial charge in [0.1, 0.15) is 9.84 Å². The summed E-state index contributed by atoms with van der Waals surface area (Å²) in [6.07, 6.45) is 7.10. The zero-order valence-electron chi connectivity index (χ0n) is 9.83. The number of hydrogen-bond acceptors (Lipinski definition) is 3. The van der Waals surface area contributed by atoms with Crippen LogP contribution >= 0.6 is 0 Å². The minimum absolute atomic E-state index is 0.335. The van der Waals surface area contributed by atoms with E-state index in [4.69, 9.17) is 0 Å². The SMILES string of the molecule is CCNC(CCCS(C)(=O)=O)C1CCC1. The molecule has 0 aromatic rings. The number of hydrogen-bond donors (Lipinski definition) is 1. The fourth-order valence-electron chi connectivity index (χ4n) is 2.17. The van der Waals surface area contributed by atoms with Crippen molar-refractivity contribution in [2.45, 2.75) is 45.1 Å². The largest absolute Gasteiger partial charge is 0.314 e. The molecule has 0 aromatic heterocycles. The summed E-state index contributed by atoms with van der Waals surface area (Å²) in [5.41, 5.74) is 0. The average Bonchev–Trinajstić information content (AvgIpc) is 1.98. The van der Waals surface area contributed by atoms with Gasteiger partial charge in [-0.3, -0.25) is 0 Å². The monoisotopic (exact) mass is 233 g/mol. The van der Waals surface area contributed by atoms with E-state index in [0.717, 1.165) is 25.3 Å².